The van der Waals surface area contributed by atoms with Crippen LogP contribution in [0.25, 0.3) is 0 Å². The van der Waals surface area contributed by atoms with Crippen LogP contribution in [0.1, 0.15) is 46.9 Å². The fraction of sp³-hybridized carbons (Fsp3) is 0.733. The van der Waals surface area contributed by atoms with Crippen LogP contribution in [-0.2, 0) is 11.3 Å². The molecule has 1 rings (SSSR count). The van der Waals surface area contributed by atoms with Crippen molar-refractivity contribution in [3.05, 3.63) is 11.9 Å². The van der Waals surface area contributed by atoms with Gasteiger partial charge >= 0.3 is 0 Å². The molecule has 0 unspecified atom stereocenters. The predicted octanol–water partition coefficient (Wildman–Crippen LogP) is 3.29. The second kappa shape index (κ2) is 8.04. The standard InChI is InChI=1S/C15H28N4O/c1-6-15(4,5)11-17-13-9-12(16-7-2)18-14(19-13)10-20-8-3/h9H,6-8,10-11H2,1-5H3,(H2,16,17,18,19). The van der Waals surface area contributed by atoms with Gasteiger partial charge in [0.25, 0.3) is 0 Å². The van der Waals surface area contributed by atoms with Gasteiger partial charge in [0, 0.05) is 25.8 Å². The van der Waals surface area contributed by atoms with E-state index in [1.165, 1.54) is 0 Å². The molecule has 0 aromatic carbocycles. The quantitative estimate of drug-likeness (QED) is 0.727. The number of ether oxygens (including phenoxy) is 1. The Morgan fingerprint density at radius 2 is 1.75 bits per heavy atom. The third kappa shape index (κ3) is 5.74. The SMILES string of the molecule is CCNc1cc(NCC(C)(C)CC)nc(COCC)n1. The van der Waals surface area contributed by atoms with Gasteiger partial charge in [0.05, 0.1) is 0 Å². The highest BCUT2D eigenvalue weighted by atomic mass is 16.5. The summed E-state index contributed by atoms with van der Waals surface area (Å²) in [6.45, 7) is 13.6. The van der Waals surface area contributed by atoms with Gasteiger partial charge in [0.1, 0.15) is 18.2 Å². The third-order valence-corrected chi connectivity index (χ3v) is 3.27. The van der Waals surface area contributed by atoms with Crippen LogP contribution in [0, 0.1) is 5.41 Å². The highest BCUT2D eigenvalue weighted by Crippen LogP contribution is 2.21. The van der Waals surface area contributed by atoms with Gasteiger partial charge in [-0.05, 0) is 25.7 Å². The Kier molecular flexibility index (Phi) is 6.71. The zero-order valence-electron chi connectivity index (χ0n) is 13.4. The van der Waals surface area contributed by atoms with E-state index in [9.17, 15) is 0 Å². The first-order chi connectivity index (χ1) is 9.50. The summed E-state index contributed by atoms with van der Waals surface area (Å²) in [4.78, 5) is 8.94. The topological polar surface area (TPSA) is 59.1 Å². The number of aromatic nitrogens is 2. The summed E-state index contributed by atoms with van der Waals surface area (Å²) < 4.78 is 5.39. The molecule has 0 aliphatic carbocycles. The van der Waals surface area contributed by atoms with E-state index in [4.69, 9.17) is 4.74 Å². The Hall–Kier alpha value is -1.36. The lowest BCUT2D eigenvalue weighted by atomic mass is 9.90. The van der Waals surface area contributed by atoms with Crippen molar-refractivity contribution in [1.29, 1.82) is 0 Å². The normalized spacial score (nSPS) is 11.4. The van der Waals surface area contributed by atoms with E-state index in [1.54, 1.807) is 0 Å². The number of nitrogens with zero attached hydrogens (tertiary/aromatic N) is 2. The van der Waals surface area contributed by atoms with E-state index in [-0.39, 0.29) is 5.41 Å². The minimum Gasteiger partial charge on any atom is -0.374 e. The van der Waals surface area contributed by atoms with Crippen molar-refractivity contribution >= 4 is 11.6 Å². The van der Waals surface area contributed by atoms with Crippen molar-refractivity contribution in [2.24, 2.45) is 5.41 Å². The lowest BCUT2D eigenvalue weighted by Gasteiger charge is -2.23. The summed E-state index contributed by atoms with van der Waals surface area (Å²) in [6, 6.07) is 1.95. The predicted molar refractivity (Wildman–Crippen MR) is 84.1 cm³/mol. The first-order valence-electron chi connectivity index (χ1n) is 7.44. The van der Waals surface area contributed by atoms with Crippen molar-refractivity contribution in [2.45, 2.75) is 47.6 Å². The van der Waals surface area contributed by atoms with Crippen LogP contribution in [-0.4, -0.2) is 29.7 Å². The summed E-state index contributed by atoms with van der Waals surface area (Å²) in [7, 11) is 0. The molecule has 0 atom stereocenters. The zero-order chi connectivity index (χ0) is 15.0. The van der Waals surface area contributed by atoms with Crippen molar-refractivity contribution in [3.63, 3.8) is 0 Å². The zero-order valence-corrected chi connectivity index (χ0v) is 13.4. The molecule has 0 aliphatic heterocycles. The Balaban J connectivity index is 2.79. The molecule has 1 heterocycles. The lowest BCUT2D eigenvalue weighted by Crippen LogP contribution is -2.23. The Morgan fingerprint density at radius 3 is 2.30 bits per heavy atom. The van der Waals surface area contributed by atoms with Gasteiger partial charge in [-0.3, -0.25) is 0 Å². The molecule has 5 heteroatoms. The number of nitrogens with one attached hydrogen (secondary N) is 2. The van der Waals surface area contributed by atoms with Crippen molar-refractivity contribution in [2.75, 3.05) is 30.3 Å². The minimum absolute atomic E-state index is 0.253. The summed E-state index contributed by atoms with van der Waals surface area (Å²) in [6.07, 6.45) is 1.12. The molecule has 0 radical (unpaired) electrons. The molecule has 0 saturated heterocycles. The van der Waals surface area contributed by atoms with Crippen LogP contribution in [0.3, 0.4) is 0 Å². The Morgan fingerprint density at radius 1 is 1.10 bits per heavy atom. The van der Waals surface area contributed by atoms with Crippen LogP contribution in [0.15, 0.2) is 6.07 Å². The number of hydrogen-bond donors (Lipinski definition) is 2. The molecule has 5 nitrogen and oxygen atoms in total. The van der Waals surface area contributed by atoms with E-state index < -0.39 is 0 Å². The first kappa shape index (κ1) is 16.7. The van der Waals surface area contributed by atoms with E-state index in [1.807, 2.05) is 13.0 Å². The van der Waals surface area contributed by atoms with E-state index in [2.05, 4.69) is 48.3 Å². The maximum atomic E-state index is 5.39. The highest BCUT2D eigenvalue weighted by Gasteiger charge is 2.15. The van der Waals surface area contributed by atoms with Crippen LogP contribution < -0.4 is 10.6 Å². The third-order valence-electron chi connectivity index (χ3n) is 3.27. The molecule has 0 spiro atoms. The van der Waals surface area contributed by atoms with E-state index in [0.29, 0.717) is 19.0 Å². The van der Waals surface area contributed by atoms with Gasteiger partial charge in [-0.25, -0.2) is 9.97 Å². The van der Waals surface area contributed by atoms with Crippen LogP contribution in [0.4, 0.5) is 11.6 Å². The fourth-order valence-electron chi connectivity index (χ4n) is 1.57. The molecular weight excluding hydrogens is 252 g/mol. The largest absolute Gasteiger partial charge is 0.374 e. The maximum absolute atomic E-state index is 5.39. The second-order valence-electron chi connectivity index (χ2n) is 5.59. The van der Waals surface area contributed by atoms with Gasteiger partial charge in [0.15, 0.2) is 5.82 Å². The van der Waals surface area contributed by atoms with Gasteiger partial charge < -0.3 is 15.4 Å². The Bertz CT molecular complexity index is 407. The number of anilines is 2. The smallest absolute Gasteiger partial charge is 0.158 e. The fourth-order valence-corrected chi connectivity index (χ4v) is 1.57. The van der Waals surface area contributed by atoms with Crippen molar-refractivity contribution in [3.8, 4) is 0 Å². The molecule has 0 aliphatic rings. The van der Waals surface area contributed by atoms with Gasteiger partial charge in [-0.2, -0.15) is 0 Å². The minimum atomic E-state index is 0.253. The number of rotatable bonds is 9. The summed E-state index contributed by atoms with van der Waals surface area (Å²) in [5.41, 5.74) is 0.253. The van der Waals surface area contributed by atoms with Gasteiger partial charge in [-0.15, -0.1) is 0 Å². The van der Waals surface area contributed by atoms with Crippen LogP contribution in [0.2, 0.25) is 0 Å². The highest BCUT2D eigenvalue weighted by molar-refractivity contribution is 5.47. The molecule has 0 saturated carbocycles. The first-order valence-corrected chi connectivity index (χ1v) is 7.44. The summed E-state index contributed by atoms with van der Waals surface area (Å²) in [5.74, 6) is 2.41. The molecule has 0 bridgehead atoms. The average Bonchev–Trinajstić information content (AvgIpc) is 2.43. The van der Waals surface area contributed by atoms with Gasteiger partial charge in [-0.1, -0.05) is 20.8 Å². The van der Waals surface area contributed by atoms with E-state index >= 15 is 0 Å². The number of hydrogen-bond acceptors (Lipinski definition) is 5. The molecule has 20 heavy (non-hydrogen) atoms. The molecular formula is C15H28N4O. The molecule has 1 aromatic heterocycles. The molecule has 0 fully saturated rings. The Labute approximate surface area is 122 Å². The van der Waals surface area contributed by atoms with Crippen LogP contribution >= 0.6 is 0 Å². The summed E-state index contributed by atoms with van der Waals surface area (Å²) >= 11 is 0. The summed E-state index contributed by atoms with van der Waals surface area (Å²) in [5, 5.41) is 6.63. The monoisotopic (exact) mass is 280 g/mol. The molecule has 2 N–H and O–H groups in total. The van der Waals surface area contributed by atoms with E-state index in [0.717, 1.165) is 31.1 Å². The average molecular weight is 280 g/mol. The van der Waals surface area contributed by atoms with Crippen molar-refractivity contribution in [1.82, 2.24) is 9.97 Å². The van der Waals surface area contributed by atoms with Gasteiger partial charge in [0.2, 0.25) is 0 Å². The molecule has 114 valence electrons. The lowest BCUT2D eigenvalue weighted by molar-refractivity contribution is 0.128. The maximum Gasteiger partial charge on any atom is 0.158 e. The molecule has 0 amide bonds. The van der Waals surface area contributed by atoms with Crippen LogP contribution in [0.5, 0.6) is 0 Å². The molecule has 1 aromatic rings. The van der Waals surface area contributed by atoms with Crippen molar-refractivity contribution < 1.29 is 4.74 Å². The second-order valence-corrected chi connectivity index (χ2v) is 5.59.